The van der Waals surface area contributed by atoms with E-state index in [1.54, 1.807) is 44.9 Å². The fourth-order valence-electron chi connectivity index (χ4n) is 7.29. The number of rotatable bonds is 3. The second kappa shape index (κ2) is 16.6. The highest BCUT2D eigenvalue weighted by atomic mass is 16.7. The summed E-state index contributed by atoms with van der Waals surface area (Å²) in [6.45, 7) is 12.9. The number of aromatic hydroxyl groups is 3. The first-order chi connectivity index (χ1) is 25.9. The molecule has 0 aliphatic carbocycles. The second-order valence-electron chi connectivity index (χ2n) is 14.8. The predicted octanol–water partition coefficient (Wildman–Crippen LogP) is 3.85. The molecule has 5 bridgehead atoms. The third-order valence-electron chi connectivity index (χ3n) is 11.1. The van der Waals surface area contributed by atoms with E-state index in [1.807, 2.05) is 0 Å². The van der Waals surface area contributed by atoms with Gasteiger partial charge in [0.05, 0.1) is 85.4 Å². The number of phenols is 3. The quantitative estimate of drug-likeness (QED) is 0.134. The van der Waals surface area contributed by atoms with Crippen molar-refractivity contribution in [2.45, 2.75) is 78.7 Å². The third kappa shape index (κ3) is 7.89. The van der Waals surface area contributed by atoms with E-state index in [0.29, 0.717) is 26.3 Å². The molecule has 6 rings (SSSR count). The van der Waals surface area contributed by atoms with Crippen LogP contribution in [0.2, 0.25) is 0 Å². The molecule has 1 amide bonds. The highest BCUT2D eigenvalue weighted by Gasteiger charge is 2.50. The van der Waals surface area contributed by atoms with E-state index >= 15 is 0 Å². The van der Waals surface area contributed by atoms with Gasteiger partial charge in [-0.2, -0.15) is 5.10 Å². The molecule has 55 heavy (non-hydrogen) atoms. The second-order valence-corrected chi connectivity index (χ2v) is 14.8. The number of ether oxygens (including phenoxy) is 4. The minimum atomic E-state index is -2.02. The number of morpholine rings is 1. The van der Waals surface area contributed by atoms with Gasteiger partial charge in [-0.3, -0.25) is 14.6 Å². The predicted molar refractivity (Wildman–Crippen MR) is 204 cm³/mol. The maximum Gasteiger partial charge on any atom is 0.312 e. The van der Waals surface area contributed by atoms with Gasteiger partial charge >= 0.3 is 5.79 Å². The van der Waals surface area contributed by atoms with Crippen LogP contribution in [-0.4, -0.2) is 117 Å². The van der Waals surface area contributed by atoms with Gasteiger partial charge in [-0.05, 0) is 19.9 Å². The lowest BCUT2D eigenvalue weighted by Gasteiger charge is -2.36. The summed E-state index contributed by atoms with van der Waals surface area (Å²) in [5, 5.41) is 77.2. The molecule has 4 heterocycles. The summed E-state index contributed by atoms with van der Waals surface area (Å²) >= 11 is 0. The minimum Gasteiger partial charge on any atom is -0.507 e. The Balaban J connectivity index is 1.70. The number of Topliss-reactive ketones (excluding diaryl/α,β-unsaturated/α-hetero) is 1. The lowest BCUT2D eigenvalue weighted by Crippen LogP contribution is -2.44. The normalized spacial score (nSPS) is 33.3. The van der Waals surface area contributed by atoms with Gasteiger partial charge in [-0.1, -0.05) is 45.9 Å². The van der Waals surface area contributed by atoms with Gasteiger partial charge in [0.2, 0.25) is 0 Å². The molecule has 0 aromatic heterocycles. The maximum atomic E-state index is 14.3. The van der Waals surface area contributed by atoms with Gasteiger partial charge in [0.1, 0.15) is 17.2 Å². The minimum absolute atomic E-state index is 0.0604. The molecule has 9 atom stereocenters. The average molecular weight is 768 g/mol. The van der Waals surface area contributed by atoms with Crippen molar-refractivity contribution in [3.63, 3.8) is 0 Å². The SMILES string of the molecule is COC1/C=C\OC2(C)Oc3c(C)c(O)c4c(O)c(c(/C=N/N5CCOCC5)c(O)c4c3C2=O)NC(=O)/C(C)=C\C=C/C(C)C(O)C(C)C(O)C(C)C(O)C1C. The number of methoxy groups -OCH3 is 1. The maximum absolute atomic E-state index is 14.3. The first-order valence-electron chi connectivity index (χ1n) is 18.4. The number of phenolic OH excluding ortho intramolecular Hbond substituents is 3. The number of benzene rings is 2. The van der Waals surface area contributed by atoms with Gasteiger partial charge in [0.15, 0.2) is 5.75 Å². The van der Waals surface area contributed by atoms with Crippen molar-refractivity contribution in [2.75, 3.05) is 38.7 Å². The molecule has 15 heteroatoms. The molecule has 0 saturated carbocycles. The number of carbonyl (C=O) groups is 2. The number of hydrogen-bond donors (Lipinski definition) is 7. The Morgan fingerprint density at radius 2 is 1.55 bits per heavy atom. The van der Waals surface area contributed by atoms with E-state index in [-0.39, 0.29) is 44.5 Å². The number of nitrogens with one attached hydrogen (secondary N) is 1. The molecule has 9 unspecified atom stereocenters. The van der Waals surface area contributed by atoms with Crippen molar-refractivity contribution in [3.05, 3.63) is 52.8 Å². The molecular weight excluding hydrogens is 714 g/mol. The van der Waals surface area contributed by atoms with E-state index < -0.39 is 82.8 Å². The first-order valence-corrected chi connectivity index (χ1v) is 18.4. The van der Waals surface area contributed by atoms with Crippen LogP contribution in [0, 0.1) is 30.6 Å². The Morgan fingerprint density at radius 3 is 2.20 bits per heavy atom. The number of carbonyl (C=O) groups excluding carboxylic acids is 2. The number of amides is 1. The number of nitrogens with zero attached hydrogens (tertiary/aromatic N) is 2. The number of aliphatic hydroxyl groups is 3. The van der Waals surface area contributed by atoms with Gasteiger partial charge in [-0.15, -0.1) is 0 Å². The van der Waals surface area contributed by atoms with Gasteiger partial charge in [0.25, 0.3) is 11.7 Å². The highest BCUT2D eigenvalue weighted by molar-refractivity contribution is 6.23. The van der Waals surface area contributed by atoms with Gasteiger partial charge < -0.3 is 54.9 Å². The number of anilines is 1. The van der Waals surface area contributed by atoms with Crippen molar-refractivity contribution < 1.29 is 59.2 Å². The van der Waals surface area contributed by atoms with Crippen molar-refractivity contribution in [1.29, 1.82) is 0 Å². The molecule has 4 aliphatic heterocycles. The molecule has 300 valence electrons. The highest BCUT2D eigenvalue weighted by Crippen LogP contribution is 2.55. The van der Waals surface area contributed by atoms with E-state index in [0.717, 1.165) is 0 Å². The molecule has 2 aromatic carbocycles. The van der Waals surface area contributed by atoms with Gasteiger partial charge in [0, 0.05) is 54.2 Å². The van der Waals surface area contributed by atoms with Crippen molar-refractivity contribution in [1.82, 2.24) is 5.01 Å². The number of hydrogen-bond acceptors (Lipinski definition) is 14. The molecule has 1 saturated heterocycles. The Hall–Kier alpha value is -4.67. The van der Waals surface area contributed by atoms with Crippen LogP contribution in [0.1, 0.15) is 63.0 Å². The lowest BCUT2D eigenvalue weighted by atomic mass is 9.78. The third-order valence-corrected chi connectivity index (χ3v) is 11.1. The van der Waals surface area contributed by atoms with Crippen LogP contribution in [0.15, 0.2) is 41.2 Å². The zero-order chi connectivity index (χ0) is 40.5. The Kier molecular flexibility index (Phi) is 12.5. The lowest BCUT2D eigenvalue weighted by molar-refractivity contribution is -0.112. The molecule has 0 radical (unpaired) electrons. The fourth-order valence-corrected chi connectivity index (χ4v) is 7.29. The molecule has 7 N–H and O–H groups in total. The standard InChI is InChI=1S/C40H53N3O12/c1-19-10-9-11-20(2)39(51)42-30-25(18-41-43-13-16-53-17-14-43)35(48)27-28(36(30)49)34(47)24(6)37-29(27)38(50)40(7,55-37)54-15-12-26(52-8)21(3)32(45)23(5)33(46)22(4)31(19)44/h9-12,15,18-19,21-23,26,31-33,44-49H,13-14,16-17H2,1-8H3,(H,42,51)/b10-9-,15-12-,20-11-,41-18+. The van der Waals surface area contributed by atoms with E-state index in [1.165, 1.54) is 52.5 Å². The van der Waals surface area contributed by atoms with E-state index in [9.17, 15) is 40.2 Å². The van der Waals surface area contributed by atoms with Crippen molar-refractivity contribution in [3.8, 4) is 23.0 Å². The van der Waals surface area contributed by atoms with Crippen LogP contribution in [0.3, 0.4) is 0 Å². The summed E-state index contributed by atoms with van der Waals surface area (Å²) in [7, 11) is 1.43. The van der Waals surface area contributed by atoms with Crippen LogP contribution in [0.5, 0.6) is 23.0 Å². The Morgan fingerprint density at radius 1 is 0.909 bits per heavy atom. The number of aliphatic hydroxyl groups excluding tert-OH is 3. The Labute approximate surface area is 320 Å². The topological polar surface area (TPSA) is 220 Å². The van der Waals surface area contributed by atoms with Crippen LogP contribution in [0.4, 0.5) is 5.69 Å². The summed E-state index contributed by atoms with van der Waals surface area (Å²) < 4.78 is 23.0. The molecule has 15 nitrogen and oxygen atoms in total. The summed E-state index contributed by atoms with van der Waals surface area (Å²) in [4.78, 5) is 27.9. The smallest absolute Gasteiger partial charge is 0.312 e. The summed E-state index contributed by atoms with van der Waals surface area (Å²) in [6, 6.07) is 0. The first kappa shape index (κ1) is 41.5. The van der Waals surface area contributed by atoms with Crippen molar-refractivity contribution >= 4 is 34.4 Å². The zero-order valence-corrected chi connectivity index (χ0v) is 32.4. The molecule has 4 aliphatic rings. The Bertz CT molecular complexity index is 1920. The van der Waals surface area contributed by atoms with Crippen LogP contribution < -0.4 is 10.1 Å². The number of ketones is 1. The van der Waals surface area contributed by atoms with Gasteiger partial charge in [-0.25, -0.2) is 0 Å². The van der Waals surface area contributed by atoms with Crippen LogP contribution in [0.25, 0.3) is 10.8 Å². The van der Waals surface area contributed by atoms with Crippen LogP contribution in [-0.2, 0) is 19.0 Å². The average Bonchev–Trinajstić information content (AvgIpc) is 3.44. The van der Waals surface area contributed by atoms with Crippen molar-refractivity contribution in [2.24, 2.45) is 28.8 Å². The number of hydrazone groups is 1. The largest absolute Gasteiger partial charge is 0.507 e. The van der Waals surface area contributed by atoms with E-state index in [2.05, 4.69) is 10.4 Å². The monoisotopic (exact) mass is 767 g/mol. The molecule has 0 spiro atoms. The fraction of sp³-hybridized carbons (Fsp3) is 0.525. The molecule has 1 fully saturated rings. The summed E-state index contributed by atoms with van der Waals surface area (Å²) in [6.07, 6.45) is 4.70. The summed E-state index contributed by atoms with van der Waals surface area (Å²) in [5.41, 5.74) is -0.366. The van der Waals surface area contributed by atoms with Crippen LogP contribution >= 0.6 is 0 Å². The number of fused-ring (bicyclic) bond motifs is 14. The number of allylic oxidation sites excluding steroid dienone is 2. The van der Waals surface area contributed by atoms with E-state index in [4.69, 9.17) is 18.9 Å². The molecular formula is C40H53N3O12. The molecule has 2 aromatic rings. The summed E-state index contributed by atoms with van der Waals surface area (Å²) in [5.74, 6) is -7.68. The zero-order valence-electron chi connectivity index (χ0n) is 32.4.